The standard InChI is InChI=1S/C27H30F3N5O2S/c1-16-14-22(27(28,29)30)33-35(16)15-21(36)24-23(32-25(38-24)18-10-12-31-13-11-18)26(37)34(2)20-9-5-7-17-6-3-4-8-19(17)20/h3-4,6,8,14,18,20,31H,5,7,9-13,15H2,1-2H3/t20-/m1/s1. The summed E-state index contributed by atoms with van der Waals surface area (Å²) in [5.74, 6) is -0.693. The molecular formula is C27H30F3N5O2S. The molecule has 3 heterocycles. The zero-order chi connectivity index (χ0) is 27.0. The molecule has 1 aliphatic heterocycles. The van der Waals surface area contributed by atoms with Crippen molar-refractivity contribution in [2.45, 2.75) is 63.7 Å². The molecule has 1 aliphatic carbocycles. The first kappa shape index (κ1) is 26.6. The minimum absolute atomic E-state index is 0.0833. The molecule has 38 heavy (non-hydrogen) atoms. The van der Waals surface area contributed by atoms with Crippen molar-refractivity contribution in [3.63, 3.8) is 0 Å². The molecular weight excluding hydrogens is 515 g/mol. The predicted octanol–water partition coefficient (Wildman–Crippen LogP) is 5.17. The summed E-state index contributed by atoms with van der Waals surface area (Å²) in [5.41, 5.74) is 1.57. The number of rotatable bonds is 6. The van der Waals surface area contributed by atoms with E-state index >= 15 is 0 Å². The molecule has 202 valence electrons. The second kappa shape index (κ2) is 10.6. The molecule has 2 aliphatic rings. The topological polar surface area (TPSA) is 80.1 Å². The van der Waals surface area contributed by atoms with E-state index in [1.807, 2.05) is 18.2 Å². The smallest absolute Gasteiger partial charge is 0.333 e. The van der Waals surface area contributed by atoms with Crippen LogP contribution >= 0.6 is 11.3 Å². The lowest BCUT2D eigenvalue weighted by Crippen LogP contribution is -2.34. The number of Topliss-reactive ketones (excluding diaryl/α,β-unsaturated/α-hetero) is 1. The number of hydrogen-bond donors (Lipinski definition) is 1. The van der Waals surface area contributed by atoms with Crippen LogP contribution < -0.4 is 5.32 Å². The first-order chi connectivity index (χ1) is 18.1. The Morgan fingerprint density at radius 1 is 1.18 bits per heavy atom. The first-order valence-electron chi connectivity index (χ1n) is 12.8. The van der Waals surface area contributed by atoms with Gasteiger partial charge in [0.15, 0.2) is 17.2 Å². The molecule has 0 radical (unpaired) electrons. The number of thiazole rings is 1. The van der Waals surface area contributed by atoms with Crippen LogP contribution in [0.15, 0.2) is 30.3 Å². The highest BCUT2D eigenvalue weighted by Gasteiger charge is 2.36. The molecule has 7 nitrogen and oxygen atoms in total. The van der Waals surface area contributed by atoms with Gasteiger partial charge < -0.3 is 10.2 Å². The highest BCUT2D eigenvalue weighted by Crippen LogP contribution is 2.37. The number of carbonyl (C=O) groups is 2. The SMILES string of the molecule is Cc1cc(C(F)(F)F)nn1CC(=O)c1sc(C2CCNCC2)nc1C(=O)N(C)[C@@H]1CCCc2ccccc21. The van der Waals surface area contributed by atoms with Gasteiger partial charge >= 0.3 is 6.18 Å². The maximum absolute atomic E-state index is 13.9. The number of halogens is 3. The normalized spacial score (nSPS) is 18.3. The van der Waals surface area contributed by atoms with Crippen LogP contribution in [0.25, 0.3) is 0 Å². The zero-order valence-electron chi connectivity index (χ0n) is 21.3. The van der Waals surface area contributed by atoms with Crippen LogP contribution in [0.1, 0.15) is 85.3 Å². The number of ketones is 1. The summed E-state index contributed by atoms with van der Waals surface area (Å²) in [6, 6.07) is 8.85. The largest absolute Gasteiger partial charge is 0.435 e. The molecule has 0 bridgehead atoms. The molecule has 2 aromatic heterocycles. The molecule has 3 aromatic rings. The molecule has 1 atom stereocenters. The number of carbonyl (C=O) groups excluding carboxylic acids is 2. The Balaban J connectivity index is 1.47. The van der Waals surface area contributed by atoms with E-state index in [1.165, 1.54) is 23.8 Å². The summed E-state index contributed by atoms with van der Waals surface area (Å²) >= 11 is 1.19. The number of benzene rings is 1. The molecule has 1 saturated heterocycles. The van der Waals surface area contributed by atoms with Crippen molar-refractivity contribution >= 4 is 23.0 Å². The van der Waals surface area contributed by atoms with Crippen LogP contribution in [0.3, 0.4) is 0 Å². The maximum Gasteiger partial charge on any atom is 0.435 e. The molecule has 1 N–H and O–H groups in total. The third-order valence-electron chi connectivity index (χ3n) is 7.48. The Hall–Kier alpha value is -3.05. The zero-order valence-corrected chi connectivity index (χ0v) is 22.2. The molecule has 0 unspecified atom stereocenters. The van der Waals surface area contributed by atoms with Crippen LogP contribution in [-0.4, -0.2) is 51.5 Å². The molecule has 1 amide bonds. The van der Waals surface area contributed by atoms with Gasteiger partial charge in [-0.25, -0.2) is 4.98 Å². The van der Waals surface area contributed by atoms with E-state index in [4.69, 9.17) is 4.98 Å². The van der Waals surface area contributed by atoms with Crippen LogP contribution in [0.2, 0.25) is 0 Å². The van der Waals surface area contributed by atoms with E-state index < -0.39 is 24.2 Å². The van der Waals surface area contributed by atoms with Gasteiger partial charge in [-0.15, -0.1) is 11.3 Å². The summed E-state index contributed by atoms with van der Waals surface area (Å²) in [4.78, 5) is 33.9. The van der Waals surface area contributed by atoms with E-state index in [0.717, 1.165) is 66.5 Å². The van der Waals surface area contributed by atoms with E-state index in [-0.39, 0.29) is 34.1 Å². The number of piperidine rings is 1. The lowest BCUT2D eigenvalue weighted by Gasteiger charge is -2.33. The minimum Gasteiger partial charge on any atom is -0.333 e. The van der Waals surface area contributed by atoms with Gasteiger partial charge in [-0.1, -0.05) is 24.3 Å². The van der Waals surface area contributed by atoms with Gasteiger partial charge in [0.2, 0.25) is 0 Å². The van der Waals surface area contributed by atoms with E-state index in [9.17, 15) is 22.8 Å². The van der Waals surface area contributed by atoms with E-state index in [2.05, 4.69) is 16.5 Å². The number of hydrogen-bond acceptors (Lipinski definition) is 6. The molecule has 1 fully saturated rings. The van der Waals surface area contributed by atoms with Crippen molar-refractivity contribution in [1.29, 1.82) is 0 Å². The molecule has 0 spiro atoms. The molecule has 1 aromatic carbocycles. The third kappa shape index (κ3) is 5.26. The monoisotopic (exact) mass is 545 g/mol. The number of amides is 1. The van der Waals surface area contributed by atoms with Crippen molar-refractivity contribution < 1.29 is 22.8 Å². The van der Waals surface area contributed by atoms with Crippen molar-refractivity contribution in [3.8, 4) is 0 Å². The van der Waals surface area contributed by atoms with Crippen LogP contribution in [-0.2, 0) is 19.1 Å². The number of alkyl halides is 3. The Morgan fingerprint density at radius 2 is 1.92 bits per heavy atom. The van der Waals surface area contributed by atoms with Gasteiger partial charge in [0, 0.05) is 18.7 Å². The number of nitrogens with one attached hydrogen (secondary N) is 1. The van der Waals surface area contributed by atoms with Gasteiger partial charge in [0.05, 0.1) is 11.0 Å². The fourth-order valence-electron chi connectivity index (χ4n) is 5.37. The number of aryl methyl sites for hydroxylation is 2. The van der Waals surface area contributed by atoms with Crippen molar-refractivity contribution in [2.75, 3.05) is 20.1 Å². The predicted molar refractivity (Wildman–Crippen MR) is 137 cm³/mol. The van der Waals surface area contributed by atoms with E-state index in [0.29, 0.717) is 0 Å². The van der Waals surface area contributed by atoms with Crippen molar-refractivity contribution in [2.24, 2.45) is 0 Å². The Kier molecular flexibility index (Phi) is 7.41. The first-order valence-corrected chi connectivity index (χ1v) is 13.7. The van der Waals surface area contributed by atoms with E-state index in [1.54, 1.807) is 11.9 Å². The summed E-state index contributed by atoms with van der Waals surface area (Å²) < 4.78 is 40.5. The van der Waals surface area contributed by atoms with Gasteiger partial charge in [0.1, 0.15) is 11.4 Å². The van der Waals surface area contributed by atoms with Gasteiger partial charge in [-0.3, -0.25) is 14.3 Å². The third-order valence-corrected chi connectivity index (χ3v) is 8.74. The van der Waals surface area contributed by atoms with Crippen LogP contribution in [0.4, 0.5) is 13.2 Å². The van der Waals surface area contributed by atoms with Gasteiger partial charge in [-0.2, -0.15) is 18.3 Å². The molecule has 5 rings (SSSR count). The second-order valence-corrected chi connectivity index (χ2v) is 11.1. The highest BCUT2D eigenvalue weighted by atomic mass is 32.1. The summed E-state index contributed by atoms with van der Waals surface area (Å²) in [7, 11) is 1.74. The average molecular weight is 546 g/mol. The Bertz CT molecular complexity index is 1340. The highest BCUT2D eigenvalue weighted by molar-refractivity contribution is 7.14. The van der Waals surface area contributed by atoms with Crippen LogP contribution in [0, 0.1) is 6.92 Å². The second-order valence-electron chi connectivity index (χ2n) is 10.0. The number of aromatic nitrogens is 3. The minimum atomic E-state index is -4.61. The van der Waals surface area contributed by atoms with Crippen LogP contribution in [0.5, 0.6) is 0 Å². The van der Waals surface area contributed by atoms with Crippen molar-refractivity contribution in [1.82, 2.24) is 25.0 Å². The summed E-state index contributed by atoms with van der Waals surface area (Å²) in [5, 5.41) is 7.64. The molecule has 11 heteroatoms. The van der Waals surface area contributed by atoms with Gasteiger partial charge in [-0.05, 0) is 69.3 Å². The van der Waals surface area contributed by atoms with Crippen molar-refractivity contribution in [3.05, 3.63) is 68.4 Å². The maximum atomic E-state index is 13.9. The van der Waals surface area contributed by atoms with Gasteiger partial charge in [0.25, 0.3) is 5.91 Å². The number of nitrogens with zero attached hydrogens (tertiary/aromatic N) is 4. The lowest BCUT2D eigenvalue weighted by molar-refractivity contribution is -0.141. The fourth-order valence-corrected chi connectivity index (χ4v) is 6.53. The molecule has 0 saturated carbocycles. The summed E-state index contributed by atoms with van der Waals surface area (Å²) in [6.07, 6.45) is -0.214. The fraction of sp³-hybridized carbons (Fsp3) is 0.481. The summed E-state index contributed by atoms with van der Waals surface area (Å²) in [6.45, 7) is 2.72. The Morgan fingerprint density at radius 3 is 2.63 bits per heavy atom. The number of fused-ring (bicyclic) bond motifs is 1. The average Bonchev–Trinajstić information content (AvgIpc) is 3.52. The Labute approximate surface area is 223 Å². The quantitative estimate of drug-likeness (QED) is 0.433. The lowest BCUT2D eigenvalue weighted by atomic mass is 9.87.